The molecule has 0 radical (unpaired) electrons. The van der Waals surface area contributed by atoms with Crippen LogP contribution in [0, 0.1) is 0 Å². The van der Waals surface area contributed by atoms with Gasteiger partial charge >= 0.3 is 0 Å². The van der Waals surface area contributed by atoms with Crippen molar-refractivity contribution in [1.29, 1.82) is 0 Å². The number of carbonyl (C=O) groups excluding carboxylic acids is 1. The first-order valence-corrected chi connectivity index (χ1v) is 9.50. The lowest BCUT2D eigenvalue weighted by Crippen LogP contribution is -2.36. The molecule has 3 aromatic rings. The summed E-state index contributed by atoms with van der Waals surface area (Å²) in [5, 5.41) is 9.66. The van der Waals surface area contributed by atoms with Crippen LogP contribution in [0.5, 0.6) is 5.75 Å². The number of hydrogen-bond acceptors (Lipinski definition) is 4. The van der Waals surface area contributed by atoms with Crippen LogP contribution in [0.4, 0.5) is 5.69 Å². The lowest BCUT2D eigenvalue weighted by Gasteiger charge is -2.16. The second kappa shape index (κ2) is 9.55. The fraction of sp³-hybridized carbons (Fsp3) is 0.217. The molecular weight excluding hydrogens is 350 g/mol. The Morgan fingerprint density at radius 3 is 2.50 bits per heavy atom. The molecule has 28 heavy (non-hydrogen) atoms. The van der Waals surface area contributed by atoms with Gasteiger partial charge in [0.2, 0.25) is 0 Å². The van der Waals surface area contributed by atoms with Crippen molar-refractivity contribution in [3.8, 4) is 5.75 Å². The van der Waals surface area contributed by atoms with Gasteiger partial charge in [-0.2, -0.15) is 5.10 Å². The van der Waals surface area contributed by atoms with E-state index in [4.69, 9.17) is 4.74 Å². The average Bonchev–Trinajstić information content (AvgIpc) is 2.73. The molecule has 144 valence electrons. The molecule has 0 aromatic heterocycles. The largest absolute Gasteiger partial charge is 0.494 e. The molecule has 3 rings (SSSR count). The van der Waals surface area contributed by atoms with Crippen LogP contribution < -0.4 is 15.5 Å². The summed E-state index contributed by atoms with van der Waals surface area (Å²) in [5.74, 6) is 0.638. The fourth-order valence-corrected chi connectivity index (χ4v) is 2.90. The lowest BCUT2D eigenvalue weighted by molar-refractivity contribution is -0.121. The van der Waals surface area contributed by atoms with E-state index < -0.39 is 0 Å². The summed E-state index contributed by atoms with van der Waals surface area (Å²) >= 11 is 0. The summed E-state index contributed by atoms with van der Waals surface area (Å²) in [7, 11) is 0. The van der Waals surface area contributed by atoms with Crippen LogP contribution in [-0.2, 0) is 4.79 Å². The van der Waals surface area contributed by atoms with Crippen molar-refractivity contribution in [2.24, 2.45) is 5.10 Å². The number of fused-ring (bicyclic) bond motifs is 1. The molecule has 0 saturated heterocycles. The molecule has 0 aliphatic heterocycles. The van der Waals surface area contributed by atoms with Crippen molar-refractivity contribution in [2.45, 2.75) is 26.3 Å². The quantitative estimate of drug-likeness (QED) is 0.447. The first kappa shape index (κ1) is 19.4. The summed E-state index contributed by atoms with van der Waals surface area (Å²) in [6.45, 7) is 4.53. The summed E-state index contributed by atoms with van der Waals surface area (Å²) < 4.78 is 5.44. The molecule has 3 aromatic carbocycles. The van der Waals surface area contributed by atoms with Crippen LogP contribution in [0.15, 0.2) is 71.8 Å². The lowest BCUT2D eigenvalue weighted by atomic mass is 10.1. The van der Waals surface area contributed by atoms with Crippen LogP contribution in [0.25, 0.3) is 10.8 Å². The average molecular weight is 375 g/mol. The van der Waals surface area contributed by atoms with Crippen molar-refractivity contribution < 1.29 is 9.53 Å². The molecule has 0 aliphatic rings. The van der Waals surface area contributed by atoms with Crippen LogP contribution in [0.1, 0.15) is 25.8 Å². The van der Waals surface area contributed by atoms with E-state index in [9.17, 15) is 4.79 Å². The zero-order valence-electron chi connectivity index (χ0n) is 16.2. The number of hydrazone groups is 1. The zero-order valence-corrected chi connectivity index (χ0v) is 16.2. The van der Waals surface area contributed by atoms with Crippen LogP contribution >= 0.6 is 0 Å². The first-order valence-electron chi connectivity index (χ1n) is 9.50. The van der Waals surface area contributed by atoms with Gasteiger partial charge in [0.05, 0.1) is 12.8 Å². The van der Waals surface area contributed by atoms with Gasteiger partial charge in [0.25, 0.3) is 5.91 Å². The summed E-state index contributed by atoms with van der Waals surface area (Å²) in [6, 6.07) is 21.4. The Bertz CT molecular complexity index is 951. The molecule has 1 unspecified atom stereocenters. The van der Waals surface area contributed by atoms with Crippen LogP contribution in [-0.4, -0.2) is 24.8 Å². The molecule has 0 fully saturated rings. The molecule has 5 nitrogen and oxygen atoms in total. The number of carbonyl (C=O) groups is 1. The Kier molecular flexibility index (Phi) is 6.63. The van der Waals surface area contributed by atoms with Crippen molar-refractivity contribution >= 4 is 28.6 Å². The van der Waals surface area contributed by atoms with Crippen molar-refractivity contribution in [3.63, 3.8) is 0 Å². The van der Waals surface area contributed by atoms with Crippen LogP contribution in [0.2, 0.25) is 0 Å². The number of amides is 1. The van der Waals surface area contributed by atoms with Gasteiger partial charge in [-0.05, 0) is 60.0 Å². The summed E-state index contributed by atoms with van der Waals surface area (Å²) in [5.41, 5.74) is 4.43. The molecule has 1 atom stereocenters. The Labute approximate surface area is 165 Å². The number of benzene rings is 3. The molecule has 0 spiro atoms. The van der Waals surface area contributed by atoms with E-state index in [-0.39, 0.29) is 11.9 Å². The SMILES string of the molecule is CCOc1ccc(NC(CC)C(=O)NN=Cc2ccc3ccccc3c2)cc1. The van der Waals surface area contributed by atoms with Gasteiger partial charge in [-0.15, -0.1) is 0 Å². The molecule has 0 heterocycles. The minimum atomic E-state index is -0.369. The smallest absolute Gasteiger partial charge is 0.262 e. The van der Waals surface area contributed by atoms with Gasteiger partial charge in [-0.3, -0.25) is 4.79 Å². The molecule has 1 amide bonds. The molecule has 2 N–H and O–H groups in total. The van der Waals surface area contributed by atoms with Gasteiger partial charge < -0.3 is 10.1 Å². The monoisotopic (exact) mass is 375 g/mol. The number of anilines is 1. The minimum Gasteiger partial charge on any atom is -0.494 e. The highest BCUT2D eigenvalue weighted by Gasteiger charge is 2.15. The third-order valence-electron chi connectivity index (χ3n) is 4.39. The topological polar surface area (TPSA) is 62.7 Å². The number of ether oxygens (including phenoxy) is 1. The predicted molar refractivity (Wildman–Crippen MR) is 115 cm³/mol. The molecule has 0 aliphatic carbocycles. The van der Waals surface area contributed by atoms with E-state index in [1.54, 1.807) is 6.21 Å². The Balaban J connectivity index is 1.58. The Morgan fingerprint density at radius 1 is 1.04 bits per heavy atom. The summed E-state index contributed by atoms with van der Waals surface area (Å²) in [4.78, 5) is 12.4. The van der Waals surface area contributed by atoms with Crippen LogP contribution in [0.3, 0.4) is 0 Å². The van der Waals surface area contributed by atoms with Crippen molar-refractivity contribution in [3.05, 3.63) is 72.3 Å². The highest BCUT2D eigenvalue weighted by molar-refractivity contribution is 5.91. The molecular formula is C23H25N3O2. The first-order chi connectivity index (χ1) is 13.7. The Morgan fingerprint density at radius 2 is 1.79 bits per heavy atom. The summed E-state index contributed by atoms with van der Waals surface area (Å²) in [6.07, 6.45) is 2.30. The highest BCUT2D eigenvalue weighted by atomic mass is 16.5. The maximum Gasteiger partial charge on any atom is 0.262 e. The van der Waals surface area contributed by atoms with Gasteiger partial charge in [0.1, 0.15) is 11.8 Å². The van der Waals surface area contributed by atoms with E-state index in [1.165, 1.54) is 5.39 Å². The second-order valence-electron chi connectivity index (χ2n) is 6.40. The maximum absolute atomic E-state index is 12.4. The van der Waals surface area contributed by atoms with Crippen molar-refractivity contribution in [1.82, 2.24) is 5.43 Å². The molecule has 5 heteroatoms. The number of nitrogens with zero attached hydrogens (tertiary/aromatic N) is 1. The van der Waals surface area contributed by atoms with E-state index in [0.29, 0.717) is 13.0 Å². The molecule has 0 saturated carbocycles. The number of rotatable bonds is 8. The van der Waals surface area contributed by atoms with Gasteiger partial charge in [0.15, 0.2) is 0 Å². The molecule has 0 bridgehead atoms. The van der Waals surface area contributed by atoms with E-state index in [1.807, 2.05) is 68.4 Å². The third-order valence-corrected chi connectivity index (χ3v) is 4.39. The normalized spacial score (nSPS) is 12.1. The highest BCUT2D eigenvalue weighted by Crippen LogP contribution is 2.17. The van der Waals surface area contributed by atoms with Gasteiger partial charge in [-0.1, -0.05) is 43.3 Å². The number of nitrogens with one attached hydrogen (secondary N) is 2. The van der Waals surface area contributed by atoms with E-state index >= 15 is 0 Å². The second-order valence-corrected chi connectivity index (χ2v) is 6.40. The van der Waals surface area contributed by atoms with Gasteiger partial charge in [-0.25, -0.2) is 5.43 Å². The maximum atomic E-state index is 12.4. The van der Waals surface area contributed by atoms with Crippen molar-refractivity contribution in [2.75, 3.05) is 11.9 Å². The minimum absolute atomic E-state index is 0.173. The zero-order chi connectivity index (χ0) is 19.8. The number of hydrogen-bond donors (Lipinski definition) is 2. The third kappa shape index (κ3) is 5.10. The Hall–Kier alpha value is -3.34. The van der Waals surface area contributed by atoms with E-state index in [2.05, 4.69) is 28.0 Å². The standard InChI is InChI=1S/C23H25N3O2/c1-3-22(25-20-11-13-21(14-12-20)28-4-2)23(27)26-24-16-17-9-10-18-7-5-6-8-19(18)15-17/h5-16,22,25H,3-4H2,1-2H3,(H,26,27). The predicted octanol–water partition coefficient (Wildman–Crippen LogP) is 4.58. The fourth-order valence-electron chi connectivity index (χ4n) is 2.90. The van der Waals surface area contributed by atoms with E-state index in [0.717, 1.165) is 22.4 Å². The van der Waals surface area contributed by atoms with Gasteiger partial charge in [0, 0.05) is 5.69 Å².